The molecule has 1 aromatic carbocycles. The Morgan fingerprint density at radius 3 is 2.79 bits per heavy atom. The third-order valence-electron chi connectivity index (χ3n) is 2.32. The minimum absolute atomic E-state index is 0.0341. The number of urea groups is 1. The number of nitrogens with one attached hydrogen (secondary N) is 2. The second kappa shape index (κ2) is 7.65. The Morgan fingerprint density at radius 1 is 1.42 bits per heavy atom. The number of carboxylic acid groups (broad SMARTS) is 1. The molecule has 0 aliphatic heterocycles. The molecule has 2 amide bonds. The molecule has 104 valence electrons. The molecule has 0 aliphatic rings. The summed E-state index contributed by atoms with van der Waals surface area (Å²) in [6.45, 7) is 0.0848. The molecule has 0 bridgehead atoms. The normalized spacial score (nSPS) is 11.7. The van der Waals surface area contributed by atoms with E-state index in [2.05, 4.69) is 10.6 Å². The SMILES string of the molecule is CSc1cccc(NC(=O)NCCC(O)C(=O)O)c1. The topological polar surface area (TPSA) is 98.7 Å². The molecule has 0 fully saturated rings. The van der Waals surface area contributed by atoms with Crippen LogP contribution in [0.4, 0.5) is 10.5 Å². The highest BCUT2D eigenvalue weighted by atomic mass is 32.2. The summed E-state index contributed by atoms with van der Waals surface area (Å²) in [7, 11) is 0. The number of carbonyl (C=O) groups is 2. The molecule has 1 rings (SSSR count). The molecule has 7 heteroatoms. The van der Waals surface area contributed by atoms with Crippen LogP contribution in [-0.2, 0) is 4.79 Å². The van der Waals surface area contributed by atoms with Crippen molar-refractivity contribution in [1.29, 1.82) is 0 Å². The first-order valence-corrected chi connectivity index (χ1v) is 6.85. The van der Waals surface area contributed by atoms with Crippen LogP contribution in [0, 0.1) is 0 Å². The number of aliphatic hydroxyl groups excluding tert-OH is 1. The smallest absolute Gasteiger partial charge is 0.332 e. The highest BCUT2D eigenvalue weighted by Crippen LogP contribution is 2.18. The molecule has 1 atom stereocenters. The maximum Gasteiger partial charge on any atom is 0.332 e. The molecule has 0 heterocycles. The van der Waals surface area contributed by atoms with Gasteiger partial charge in [-0.2, -0.15) is 0 Å². The Morgan fingerprint density at radius 2 is 2.16 bits per heavy atom. The van der Waals surface area contributed by atoms with E-state index in [1.165, 1.54) is 0 Å². The van der Waals surface area contributed by atoms with E-state index in [-0.39, 0.29) is 13.0 Å². The maximum absolute atomic E-state index is 11.5. The molecule has 0 aliphatic carbocycles. The summed E-state index contributed by atoms with van der Waals surface area (Å²) in [4.78, 5) is 22.9. The summed E-state index contributed by atoms with van der Waals surface area (Å²) in [5, 5.41) is 22.6. The lowest BCUT2D eigenvalue weighted by atomic mass is 10.2. The number of carboxylic acids is 1. The first-order chi connectivity index (χ1) is 9.02. The van der Waals surface area contributed by atoms with Crippen LogP contribution in [-0.4, -0.2) is 41.1 Å². The lowest BCUT2D eigenvalue weighted by Crippen LogP contribution is -2.33. The van der Waals surface area contributed by atoms with Crippen molar-refractivity contribution >= 4 is 29.4 Å². The van der Waals surface area contributed by atoms with Gasteiger partial charge >= 0.3 is 12.0 Å². The molecule has 4 N–H and O–H groups in total. The minimum Gasteiger partial charge on any atom is -0.479 e. The van der Waals surface area contributed by atoms with Crippen molar-refractivity contribution in [2.45, 2.75) is 17.4 Å². The highest BCUT2D eigenvalue weighted by molar-refractivity contribution is 7.98. The van der Waals surface area contributed by atoms with Gasteiger partial charge in [0.25, 0.3) is 0 Å². The van der Waals surface area contributed by atoms with Crippen LogP contribution in [0.5, 0.6) is 0 Å². The lowest BCUT2D eigenvalue weighted by Gasteiger charge is -2.09. The molecule has 0 aromatic heterocycles. The zero-order valence-electron chi connectivity index (χ0n) is 10.4. The standard InChI is InChI=1S/C12H16N2O4S/c1-19-9-4-2-3-8(7-9)14-12(18)13-6-5-10(15)11(16)17/h2-4,7,10,15H,5-6H2,1H3,(H,16,17)(H2,13,14,18). The first-order valence-electron chi connectivity index (χ1n) is 5.62. The van der Waals surface area contributed by atoms with Crippen molar-refractivity contribution in [2.24, 2.45) is 0 Å². The van der Waals surface area contributed by atoms with Crippen LogP contribution in [0.25, 0.3) is 0 Å². The quantitative estimate of drug-likeness (QED) is 0.591. The van der Waals surface area contributed by atoms with Crippen LogP contribution < -0.4 is 10.6 Å². The summed E-state index contributed by atoms with van der Waals surface area (Å²) in [6.07, 6.45) is 0.445. The Balaban J connectivity index is 2.36. The van der Waals surface area contributed by atoms with Crippen molar-refractivity contribution in [3.63, 3.8) is 0 Å². The third kappa shape index (κ3) is 5.62. The number of hydrogen-bond donors (Lipinski definition) is 4. The minimum atomic E-state index is -1.46. The number of carbonyl (C=O) groups excluding carboxylic acids is 1. The van der Waals surface area contributed by atoms with E-state index in [1.807, 2.05) is 24.5 Å². The number of aliphatic carboxylic acids is 1. The fourth-order valence-electron chi connectivity index (χ4n) is 1.32. The number of hydrogen-bond acceptors (Lipinski definition) is 4. The molecule has 1 aromatic rings. The van der Waals surface area contributed by atoms with Gasteiger partial charge in [-0.05, 0) is 24.5 Å². The summed E-state index contributed by atoms with van der Waals surface area (Å²) < 4.78 is 0. The second-order valence-electron chi connectivity index (χ2n) is 3.76. The molecular weight excluding hydrogens is 268 g/mol. The van der Waals surface area contributed by atoms with Gasteiger partial charge in [0.05, 0.1) is 0 Å². The first kappa shape index (κ1) is 15.3. The molecule has 19 heavy (non-hydrogen) atoms. The van der Waals surface area contributed by atoms with Crippen molar-refractivity contribution < 1.29 is 19.8 Å². The van der Waals surface area contributed by atoms with Gasteiger partial charge in [0.2, 0.25) is 0 Å². The molecule has 0 saturated carbocycles. The number of thioether (sulfide) groups is 1. The second-order valence-corrected chi connectivity index (χ2v) is 4.64. The highest BCUT2D eigenvalue weighted by Gasteiger charge is 2.12. The number of amides is 2. The number of rotatable bonds is 6. The third-order valence-corrected chi connectivity index (χ3v) is 3.04. The molecule has 1 unspecified atom stereocenters. The number of anilines is 1. The predicted molar refractivity (Wildman–Crippen MR) is 73.5 cm³/mol. The van der Waals surface area contributed by atoms with E-state index in [1.54, 1.807) is 17.8 Å². The van der Waals surface area contributed by atoms with Gasteiger partial charge in [0, 0.05) is 23.5 Å². The fourth-order valence-corrected chi connectivity index (χ4v) is 1.78. The number of aliphatic hydroxyl groups is 1. The molecule has 0 radical (unpaired) electrons. The van der Waals surface area contributed by atoms with E-state index in [9.17, 15) is 9.59 Å². The Bertz CT molecular complexity index is 453. The van der Waals surface area contributed by atoms with Crippen molar-refractivity contribution in [2.75, 3.05) is 18.1 Å². The summed E-state index contributed by atoms with van der Waals surface area (Å²) in [5.74, 6) is -1.30. The lowest BCUT2D eigenvalue weighted by molar-refractivity contribution is -0.146. The average molecular weight is 284 g/mol. The van der Waals surface area contributed by atoms with Gasteiger partial charge in [-0.3, -0.25) is 0 Å². The Hall–Kier alpha value is -1.73. The predicted octanol–water partition coefficient (Wildman–Crippen LogP) is 1.37. The van der Waals surface area contributed by atoms with E-state index in [4.69, 9.17) is 10.2 Å². The molecular formula is C12H16N2O4S. The van der Waals surface area contributed by atoms with E-state index in [0.29, 0.717) is 5.69 Å². The van der Waals surface area contributed by atoms with Gasteiger partial charge in [0.15, 0.2) is 6.10 Å². The maximum atomic E-state index is 11.5. The van der Waals surface area contributed by atoms with Crippen LogP contribution in [0.15, 0.2) is 29.2 Å². The van der Waals surface area contributed by atoms with E-state index < -0.39 is 18.1 Å². The van der Waals surface area contributed by atoms with Gasteiger partial charge in [-0.1, -0.05) is 6.07 Å². The summed E-state index contributed by atoms with van der Waals surface area (Å²) in [6, 6.07) is 6.91. The van der Waals surface area contributed by atoms with E-state index in [0.717, 1.165) is 4.90 Å². The van der Waals surface area contributed by atoms with Crippen LogP contribution >= 0.6 is 11.8 Å². The van der Waals surface area contributed by atoms with Crippen LogP contribution in [0.1, 0.15) is 6.42 Å². The number of benzene rings is 1. The largest absolute Gasteiger partial charge is 0.479 e. The van der Waals surface area contributed by atoms with Crippen molar-refractivity contribution in [3.05, 3.63) is 24.3 Å². The fraction of sp³-hybridized carbons (Fsp3) is 0.333. The van der Waals surface area contributed by atoms with Crippen LogP contribution in [0.3, 0.4) is 0 Å². The summed E-state index contributed by atoms with van der Waals surface area (Å²) in [5.41, 5.74) is 0.656. The Kier molecular flexibility index (Phi) is 6.17. The Labute approximate surface area is 115 Å². The van der Waals surface area contributed by atoms with E-state index >= 15 is 0 Å². The monoisotopic (exact) mass is 284 g/mol. The molecule has 6 nitrogen and oxygen atoms in total. The zero-order valence-corrected chi connectivity index (χ0v) is 11.2. The van der Waals surface area contributed by atoms with Crippen molar-refractivity contribution in [1.82, 2.24) is 5.32 Å². The molecule has 0 saturated heterocycles. The van der Waals surface area contributed by atoms with Crippen LogP contribution in [0.2, 0.25) is 0 Å². The van der Waals surface area contributed by atoms with Gasteiger partial charge in [-0.25, -0.2) is 9.59 Å². The van der Waals surface area contributed by atoms with Gasteiger partial charge in [-0.15, -0.1) is 11.8 Å². The van der Waals surface area contributed by atoms with Crippen molar-refractivity contribution in [3.8, 4) is 0 Å². The van der Waals surface area contributed by atoms with Gasteiger partial charge < -0.3 is 20.8 Å². The summed E-state index contributed by atoms with van der Waals surface area (Å²) >= 11 is 1.56. The van der Waals surface area contributed by atoms with Gasteiger partial charge in [0.1, 0.15) is 0 Å². The average Bonchev–Trinajstić information content (AvgIpc) is 2.38. The molecule has 0 spiro atoms. The zero-order chi connectivity index (χ0) is 14.3.